The molecule has 1 aromatic carbocycles. The Morgan fingerprint density at radius 3 is 2.19 bits per heavy atom. The minimum absolute atomic E-state index is 0.119. The molecule has 0 N–H and O–H groups in total. The standard InChI is InChI=1S/C14H19NO5S/c1-18-12-6-10(7-13(19-2)14(12)20-3)8-15-11-4-5-21(16,17)9-11/h6-8,11H,4-5,9H2,1-3H3. The maximum Gasteiger partial charge on any atom is 0.203 e. The average Bonchev–Trinajstić information content (AvgIpc) is 2.83. The van der Waals surface area contributed by atoms with Crippen LogP contribution in [0.3, 0.4) is 0 Å². The van der Waals surface area contributed by atoms with Crippen molar-refractivity contribution in [2.45, 2.75) is 12.5 Å². The van der Waals surface area contributed by atoms with Gasteiger partial charge in [0.15, 0.2) is 21.3 Å². The summed E-state index contributed by atoms with van der Waals surface area (Å²) in [6.07, 6.45) is 2.22. The monoisotopic (exact) mass is 313 g/mol. The molecule has 0 aliphatic carbocycles. The SMILES string of the molecule is COc1cc(C=NC2CCS(=O)(=O)C2)cc(OC)c1OC. The Bertz CT molecular complexity index is 614. The fraction of sp³-hybridized carbons (Fsp3) is 0.500. The van der Waals surface area contributed by atoms with E-state index in [0.717, 1.165) is 5.56 Å². The van der Waals surface area contributed by atoms with E-state index < -0.39 is 9.84 Å². The number of nitrogens with zero attached hydrogens (tertiary/aromatic N) is 1. The number of benzene rings is 1. The molecule has 1 aromatic rings. The zero-order valence-electron chi connectivity index (χ0n) is 12.3. The minimum atomic E-state index is -2.92. The van der Waals surface area contributed by atoms with Crippen LogP contribution in [0, 0.1) is 0 Å². The first-order valence-electron chi connectivity index (χ1n) is 6.52. The summed E-state index contributed by atoms with van der Waals surface area (Å²) in [6.45, 7) is 0. The Morgan fingerprint density at radius 2 is 1.76 bits per heavy atom. The Labute approximate surface area is 124 Å². The minimum Gasteiger partial charge on any atom is -0.493 e. The van der Waals surface area contributed by atoms with Gasteiger partial charge in [0.1, 0.15) is 0 Å². The summed E-state index contributed by atoms with van der Waals surface area (Å²) < 4.78 is 38.6. The van der Waals surface area contributed by atoms with Crippen LogP contribution < -0.4 is 14.2 Å². The van der Waals surface area contributed by atoms with Crippen LogP contribution in [0.1, 0.15) is 12.0 Å². The highest BCUT2D eigenvalue weighted by Gasteiger charge is 2.26. The molecular formula is C14H19NO5S. The molecule has 21 heavy (non-hydrogen) atoms. The molecule has 116 valence electrons. The van der Waals surface area contributed by atoms with Gasteiger partial charge in [0, 0.05) is 6.21 Å². The van der Waals surface area contributed by atoms with Crippen molar-refractivity contribution in [1.29, 1.82) is 0 Å². The molecule has 6 nitrogen and oxygen atoms in total. The highest BCUT2D eigenvalue weighted by atomic mass is 32.2. The van der Waals surface area contributed by atoms with Crippen molar-refractivity contribution in [2.75, 3.05) is 32.8 Å². The number of hydrogen-bond donors (Lipinski definition) is 0. The topological polar surface area (TPSA) is 74.2 Å². The van der Waals surface area contributed by atoms with Crippen molar-refractivity contribution in [2.24, 2.45) is 4.99 Å². The van der Waals surface area contributed by atoms with Gasteiger partial charge in [0.25, 0.3) is 0 Å². The number of sulfone groups is 1. The smallest absolute Gasteiger partial charge is 0.203 e. The third-order valence-electron chi connectivity index (χ3n) is 3.33. The highest BCUT2D eigenvalue weighted by molar-refractivity contribution is 7.91. The van der Waals surface area contributed by atoms with Crippen LogP contribution in [-0.2, 0) is 9.84 Å². The molecule has 0 aromatic heterocycles. The number of aliphatic imine (C=N–C) groups is 1. The Kier molecular flexibility index (Phi) is 4.72. The summed E-state index contributed by atoms with van der Waals surface area (Å²) in [5, 5.41) is 0. The van der Waals surface area contributed by atoms with Crippen molar-refractivity contribution >= 4 is 16.1 Å². The van der Waals surface area contributed by atoms with Gasteiger partial charge in [-0.05, 0) is 24.1 Å². The van der Waals surface area contributed by atoms with E-state index in [4.69, 9.17) is 14.2 Å². The van der Waals surface area contributed by atoms with E-state index in [1.807, 2.05) is 0 Å². The molecule has 0 spiro atoms. The van der Waals surface area contributed by atoms with E-state index in [-0.39, 0.29) is 17.5 Å². The van der Waals surface area contributed by atoms with Crippen molar-refractivity contribution in [3.8, 4) is 17.2 Å². The zero-order chi connectivity index (χ0) is 15.5. The molecule has 0 saturated carbocycles. The fourth-order valence-electron chi connectivity index (χ4n) is 2.26. The van der Waals surface area contributed by atoms with Crippen LogP contribution in [0.15, 0.2) is 17.1 Å². The van der Waals surface area contributed by atoms with Crippen LogP contribution in [-0.4, -0.2) is 53.5 Å². The van der Waals surface area contributed by atoms with Crippen LogP contribution in [0.2, 0.25) is 0 Å². The highest BCUT2D eigenvalue weighted by Crippen LogP contribution is 2.37. The Morgan fingerprint density at radius 1 is 1.14 bits per heavy atom. The van der Waals surface area contributed by atoms with Gasteiger partial charge in [-0.2, -0.15) is 0 Å². The summed E-state index contributed by atoms with van der Waals surface area (Å²) in [7, 11) is 1.71. The van der Waals surface area contributed by atoms with Gasteiger partial charge in [-0.3, -0.25) is 4.99 Å². The normalized spacial score (nSPS) is 20.6. The van der Waals surface area contributed by atoms with Gasteiger partial charge in [-0.15, -0.1) is 0 Å². The van der Waals surface area contributed by atoms with Crippen LogP contribution >= 0.6 is 0 Å². The van der Waals surface area contributed by atoms with Crippen molar-refractivity contribution in [3.05, 3.63) is 17.7 Å². The number of hydrogen-bond acceptors (Lipinski definition) is 6. The van der Waals surface area contributed by atoms with Gasteiger partial charge in [0.05, 0.1) is 38.9 Å². The van der Waals surface area contributed by atoms with E-state index in [2.05, 4.69) is 4.99 Å². The summed E-state index contributed by atoms with van der Waals surface area (Å²) in [6, 6.07) is 3.37. The van der Waals surface area contributed by atoms with Crippen LogP contribution in [0.5, 0.6) is 17.2 Å². The maximum absolute atomic E-state index is 11.4. The largest absolute Gasteiger partial charge is 0.493 e. The summed E-state index contributed by atoms with van der Waals surface area (Å²) in [5.41, 5.74) is 0.772. The molecule has 2 rings (SSSR count). The molecule has 1 unspecified atom stereocenters. The van der Waals surface area contributed by atoms with E-state index in [1.165, 1.54) is 7.11 Å². The van der Waals surface area contributed by atoms with Gasteiger partial charge < -0.3 is 14.2 Å². The molecule has 1 heterocycles. The van der Waals surface area contributed by atoms with Gasteiger partial charge in [-0.1, -0.05) is 0 Å². The Balaban J connectivity index is 2.24. The lowest BCUT2D eigenvalue weighted by atomic mass is 10.2. The second-order valence-corrected chi connectivity index (χ2v) is 7.02. The summed E-state index contributed by atoms with van der Waals surface area (Å²) in [5.74, 6) is 1.92. The first-order chi connectivity index (χ1) is 9.99. The third kappa shape index (κ3) is 3.66. The number of ether oxygens (including phenoxy) is 3. The lowest BCUT2D eigenvalue weighted by Crippen LogP contribution is -2.07. The van der Waals surface area contributed by atoms with Gasteiger partial charge >= 0.3 is 0 Å². The van der Waals surface area contributed by atoms with E-state index in [1.54, 1.807) is 32.6 Å². The average molecular weight is 313 g/mol. The van der Waals surface area contributed by atoms with Gasteiger partial charge in [-0.25, -0.2) is 8.42 Å². The number of rotatable bonds is 5. The zero-order valence-corrected chi connectivity index (χ0v) is 13.1. The molecular weight excluding hydrogens is 294 g/mol. The van der Waals surface area contributed by atoms with Crippen LogP contribution in [0.25, 0.3) is 0 Å². The maximum atomic E-state index is 11.4. The van der Waals surface area contributed by atoms with Crippen molar-refractivity contribution in [3.63, 3.8) is 0 Å². The summed E-state index contributed by atoms with van der Waals surface area (Å²) >= 11 is 0. The molecule has 0 bridgehead atoms. The predicted molar refractivity (Wildman–Crippen MR) is 80.8 cm³/mol. The van der Waals surface area contributed by atoms with Crippen LogP contribution in [0.4, 0.5) is 0 Å². The third-order valence-corrected chi connectivity index (χ3v) is 5.08. The van der Waals surface area contributed by atoms with Crippen molar-refractivity contribution in [1.82, 2.24) is 0 Å². The molecule has 7 heteroatoms. The molecule has 1 fully saturated rings. The van der Waals surface area contributed by atoms with Gasteiger partial charge in [0.2, 0.25) is 5.75 Å². The Hall–Kier alpha value is -1.76. The van der Waals surface area contributed by atoms with E-state index in [0.29, 0.717) is 23.7 Å². The molecule has 0 amide bonds. The predicted octanol–water partition coefficient (Wildman–Crippen LogP) is 1.32. The molecule has 1 atom stereocenters. The molecule has 0 radical (unpaired) electrons. The van der Waals surface area contributed by atoms with E-state index in [9.17, 15) is 8.42 Å². The summed E-state index contributed by atoms with van der Waals surface area (Å²) in [4.78, 5) is 4.34. The second-order valence-electron chi connectivity index (χ2n) is 4.79. The molecule has 1 aliphatic heterocycles. The molecule has 1 aliphatic rings. The lowest BCUT2D eigenvalue weighted by Gasteiger charge is -2.12. The first-order valence-corrected chi connectivity index (χ1v) is 8.35. The lowest BCUT2D eigenvalue weighted by molar-refractivity contribution is 0.324. The van der Waals surface area contributed by atoms with E-state index >= 15 is 0 Å². The second kappa shape index (κ2) is 6.34. The molecule has 1 saturated heterocycles. The quantitative estimate of drug-likeness (QED) is 0.766. The number of methoxy groups -OCH3 is 3. The van der Waals surface area contributed by atoms with Crippen molar-refractivity contribution < 1.29 is 22.6 Å². The fourth-order valence-corrected chi connectivity index (χ4v) is 3.90. The first kappa shape index (κ1) is 15.6.